The molecule has 186 valence electrons. The van der Waals surface area contributed by atoms with E-state index in [1.807, 2.05) is 6.07 Å². The molecule has 7 nitrogen and oxygen atoms in total. The fraction of sp³-hybridized carbons (Fsp3) is 0.565. The molecule has 0 saturated heterocycles. The molecule has 3 aliphatic rings. The van der Waals surface area contributed by atoms with Crippen LogP contribution in [0.15, 0.2) is 30.0 Å². The predicted molar refractivity (Wildman–Crippen MR) is 113 cm³/mol. The quantitative estimate of drug-likeness (QED) is 0.345. The summed E-state index contributed by atoms with van der Waals surface area (Å²) < 4.78 is 77.5. The summed E-state index contributed by atoms with van der Waals surface area (Å²) in [6.07, 6.45) is 2.41. The first-order valence-electron chi connectivity index (χ1n) is 10.9. The number of halogens is 3. The minimum absolute atomic E-state index is 0.0921. The number of carbonyl (C=O) groups excluding carboxylic acids is 2. The van der Waals surface area contributed by atoms with Gasteiger partial charge in [0.2, 0.25) is 0 Å². The molecule has 0 N–H and O–H groups in total. The van der Waals surface area contributed by atoms with Crippen LogP contribution in [-0.2, 0) is 35.0 Å². The number of benzene rings is 1. The van der Waals surface area contributed by atoms with Crippen molar-refractivity contribution in [3.8, 4) is 0 Å². The zero-order valence-corrected chi connectivity index (χ0v) is 19.7. The number of fused-ring (bicyclic) bond motifs is 5. The summed E-state index contributed by atoms with van der Waals surface area (Å²) >= 11 is 0. The van der Waals surface area contributed by atoms with E-state index in [1.165, 1.54) is 20.1 Å². The Morgan fingerprint density at radius 3 is 2.53 bits per heavy atom. The summed E-state index contributed by atoms with van der Waals surface area (Å²) in [5, 5.41) is 0. The van der Waals surface area contributed by atoms with Gasteiger partial charge in [0.15, 0.2) is 0 Å². The van der Waals surface area contributed by atoms with E-state index in [2.05, 4.69) is 4.18 Å². The molecule has 0 aliphatic heterocycles. The molecule has 1 aromatic rings. The van der Waals surface area contributed by atoms with Crippen molar-refractivity contribution in [3.05, 3.63) is 46.7 Å². The highest BCUT2D eigenvalue weighted by molar-refractivity contribution is 7.87. The third kappa shape index (κ3) is 3.97. The first-order chi connectivity index (χ1) is 15.8. The van der Waals surface area contributed by atoms with Crippen molar-refractivity contribution in [1.82, 2.24) is 0 Å². The molecular formula is C23H25F3O7S. The maximum Gasteiger partial charge on any atom is 0.534 e. The van der Waals surface area contributed by atoms with E-state index in [-0.39, 0.29) is 29.9 Å². The average Bonchev–Trinajstić information content (AvgIpc) is 3.06. The van der Waals surface area contributed by atoms with E-state index in [4.69, 9.17) is 9.47 Å². The zero-order chi connectivity index (χ0) is 25.1. The fourth-order valence-corrected chi connectivity index (χ4v) is 6.62. The minimum atomic E-state index is -5.82. The molecule has 11 heteroatoms. The third-order valence-corrected chi connectivity index (χ3v) is 8.38. The molecule has 0 bridgehead atoms. The Morgan fingerprint density at radius 1 is 1.21 bits per heavy atom. The lowest BCUT2D eigenvalue weighted by Crippen LogP contribution is -2.49. The van der Waals surface area contributed by atoms with Gasteiger partial charge in [-0.15, -0.1) is 0 Å². The Bertz CT molecular complexity index is 1160. The van der Waals surface area contributed by atoms with Gasteiger partial charge in [-0.2, -0.15) is 21.6 Å². The van der Waals surface area contributed by atoms with E-state index >= 15 is 0 Å². The van der Waals surface area contributed by atoms with Gasteiger partial charge in [-0.25, -0.2) is 4.79 Å². The Kier molecular flexibility index (Phi) is 5.98. The third-order valence-electron chi connectivity index (χ3n) is 7.41. The second kappa shape index (κ2) is 8.28. The summed E-state index contributed by atoms with van der Waals surface area (Å²) in [5.41, 5.74) is -4.36. The van der Waals surface area contributed by atoms with Crippen LogP contribution < -0.4 is 0 Å². The summed E-state index contributed by atoms with van der Waals surface area (Å²) in [5.74, 6) is -1.80. The molecule has 34 heavy (non-hydrogen) atoms. The Balaban J connectivity index is 1.71. The monoisotopic (exact) mass is 502 g/mol. The molecule has 1 fully saturated rings. The number of methoxy groups -OCH3 is 1. The summed E-state index contributed by atoms with van der Waals surface area (Å²) in [7, 11) is -4.53. The van der Waals surface area contributed by atoms with Gasteiger partial charge in [0.05, 0.1) is 12.7 Å². The Morgan fingerprint density at radius 2 is 1.91 bits per heavy atom. The van der Waals surface area contributed by atoms with Crippen LogP contribution in [0.3, 0.4) is 0 Å². The molecule has 5 atom stereocenters. The summed E-state index contributed by atoms with van der Waals surface area (Å²) in [6.45, 7) is 2.93. The number of esters is 2. The molecule has 0 amide bonds. The number of hydrogen-bond donors (Lipinski definition) is 0. The topological polar surface area (TPSA) is 96.0 Å². The highest BCUT2D eigenvalue weighted by Crippen LogP contribution is 2.62. The fourth-order valence-electron chi connectivity index (χ4n) is 6.03. The van der Waals surface area contributed by atoms with Crippen molar-refractivity contribution in [1.29, 1.82) is 0 Å². The predicted octanol–water partition coefficient (Wildman–Crippen LogP) is 4.23. The van der Waals surface area contributed by atoms with E-state index in [9.17, 15) is 31.2 Å². The van der Waals surface area contributed by atoms with Gasteiger partial charge in [-0.3, -0.25) is 4.79 Å². The van der Waals surface area contributed by atoms with Gasteiger partial charge < -0.3 is 13.7 Å². The van der Waals surface area contributed by atoms with Gasteiger partial charge in [-0.05, 0) is 66.9 Å². The van der Waals surface area contributed by atoms with E-state index in [0.29, 0.717) is 24.8 Å². The second-order valence-corrected chi connectivity index (χ2v) is 10.8. The summed E-state index contributed by atoms with van der Waals surface area (Å²) in [4.78, 5) is 23.9. The standard InChI is InChI=1S/C23H25F3O7S/c1-12(27)32-18-11-22(2)17(8-9-19(22)33-34(29,30)23(24,25)26)16-7-4-13-10-14(21(28)31-3)5-6-15(13)20(16)18/h5-6,9-10,16-18,20H,4,7-8,11H2,1-3H3/t16-,17-,18+,20+,22-/m0/s1. The first-order valence-corrected chi connectivity index (χ1v) is 12.3. The summed E-state index contributed by atoms with van der Waals surface area (Å²) in [6, 6.07) is 5.21. The van der Waals surface area contributed by atoms with Crippen LogP contribution in [0.2, 0.25) is 0 Å². The second-order valence-electron chi connectivity index (χ2n) is 9.30. The Hall–Kier alpha value is -2.56. The van der Waals surface area contributed by atoms with Crippen LogP contribution in [0.5, 0.6) is 0 Å². The van der Waals surface area contributed by atoms with Gasteiger partial charge in [0.1, 0.15) is 11.9 Å². The van der Waals surface area contributed by atoms with Crippen LogP contribution in [-0.4, -0.2) is 39.1 Å². The van der Waals surface area contributed by atoms with E-state index < -0.39 is 39.1 Å². The number of aryl methyl sites for hydroxylation is 1. The molecule has 0 heterocycles. The van der Waals surface area contributed by atoms with Crippen molar-refractivity contribution in [3.63, 3.8) is 0 Å². The number of alkyl halides is 3. The number of carbonyl (C=O) groups is 2. The molecular weight excluding hydrogens is 477 g/mol. The largest absolute Gasteiger partial charge is 0.534 e. The van der Waals surface area contributed by atoms with Gasteiger partial charge in [-0.1, -0.05) is 13.0 Å². The molecule has 0 unspecified atom stereocenters. The lowest BCUT2D eigenvalue weighted by atomic mass is 9.54. The molecule has 0 aromatic heterocycles. The smallest absolute Gasteiger partial charge is 0.465 e. The van der Waals surface area contributed by atoms with Gasteiger partial charge >= 0.3 is 27.6 Å². The van der Waals surface area contributed by atoms with Crippen LogP contribution in [0.4, 0.5) is 13.2 Å². The maximum absolute atomic E-state index is 13.0. The molecule has 0 radical (unpaired) electrons. The van der Waals surface area contributed by atoms with Crippen LogP contribution >= 0.6 is 0 Å². The minimum Gasteiger partial charge on any atom is -0.465 e. The Labute approximate surface area is 195 Å². The number of hydrogen-bond acceptors (Lipinski definition) is 7. The van der Waals surface area contributed by atoms with Crippen molar-refractivity contribution >= 4 is 22.1 Å². The molecule has 1 aromatic carbocycles. The van der Waals surface area contributed by atoms with Crippen molar-refractivity contribution in [2.45, 2.75) is 57.1 Å². The molecule has 0 spiro atoms. The maximum atomic E-state index is 13.0. The van der Waals surface area contributed by atoms with Crippen molar-refractivity contribution < 1.29 is 44.8 Å². The van der Waals surface area contributed by atoms with Gasteiger partial charge in [0, 0.05) is 18.3 Å². The lowest BCUT2D eigenvalue weighted by molar-refractivity contribution is -0.155. The van der Waals surface area contributed by atoms with Crippen LogP contribution in [0.25, 0.3) is 0 Å². The van der Waals surface area contributed by atoms with Gasteiger partial charge in [0.25, 0.3) is 0 Å². The molecule has 3 aliphatic carbocycles. The number of rotatable bonds is 4. The number of ether oxygens (including phenoxy) is 2. The SMILES string of the molecule is COC(=O)c1ccc2c(c1)CC[C@@H]1[C@@H]2[C@H](OC(C)=O)C[C@]2(C)C(OS(=O)(=O)C(F)(F)F)=CC[C@@H]12. The normalized spacial score (nSPS) is 30.4. The van der Waals surface area contributed by atoms with Crippen molar-refractivity contribution in [2.24, 2.45) is 17.3 Å². The number of allylic oxidation sites excluding steroid dienone is 2. The van der Waals surface area contributed by atoms with Crippen LogP contribution in [0.1, 0.15) is 60.5 Å². The van der Waals surface area contributed by atoms with Crippen LogP contribution in [0, 0.1) is 17.3 Å². The highest BCUT2D eigenvalue weighted by Gasteiger charge is 2.59. The zero-order valence-electron chi connectivity index (χ0n) is 18.8. The molecule has 4 rings (SSSR count). The lowest BCUT2D eigenvalue weighted by Gasteiger charge is -2.52. The van der Waals surface area contributed by atoms with E-state index in [0.717, 1.165) is 11.1 Å². The first kappa shape index (κ1) is 24.6. The highest BCUT2D eigenvalue weighted by atomic mass is 32.2. The van der Waals surface area contributed by atoms with E-state index in [1.54, 1.807) is 19.1 Å². The van der Waals surface area contributed by atoms with Crippen molar-refractivity contribution in [2.75, 3.05) is 7.11 Å². The molecule has 1 saturated carbocycles. The average molecular weight is 503 g/mol.